The molecular formula is C8H15N3O4S. The van der Waals surface area contributed by atoms with Gasteiger partial charge in [-0.3, -0.25) is 9.59 Å². The van der Waals surface area contributed by atoms with Gasteiger partial charge in [0.2, 0.25) is 21.8 Å². The van der Waals surface area contributed by atoms with Gasteiger partial charge >= 0.3 is 0 Å². The first kappa shape index (κ1) is 12.9. The summed E-state index contributed by atoms with van der Waals surface area (Å²) >= 11 is 0. The fourth-order valence-electron chi connectivity index (χ4n) is 1.36. The lowest BCUT2D eigenvalue weighted by atomic mass is 10.1. The molecule has 92 valence electrons. The van der Waals surface area contributed by atoms with E-state index in [1.807, 2.05) is 0 Å². The Balaban J connectivity index is 2.18. The van der Waals surface area contributed by atoms with Crippen molar-refractivity contribution in [2.24, 2.45) is 5.92 Å². The van der Waals surface area contributed by atoms with Gasteiger partial charge in [0.25, 0.3) is 0 Å². The van der Waals surface area contributed by atoms with Crippen molar-refractivity contribution in [1.29, 1.82) is 0 Å². The molecule has 1 aliphatic rings. The second kappa shape index (κ2) is 5.26. The number of hydrogen-bond donors (Lipinski definition) is 3. The van der Waals surface area contributed by atoms with Crippen molar-refractivity contribution in [3.8, 4) is 0 Å². The summed E-state index contributed by atoms with van der Waals surface area (Å²) in [6.45, 7) is 0.722. The first-order valence-electron chi connectivity index (χ1n) is 4.87. The molecule has 2 amide bonds. The van der Waals surface area contributed by atoms with Crippen molar-refractivity contribution in [2.45, 2.75) is 6.42 Å². The Morgan fingerprint density at radius 1 is 1.50 bits per heavy atom. The highest BCUT2D eigenvalue weighted by atomic mass is 32.2. The Kier molecular flexibility index (Phi) is 4.25. The summed E-state index contributed by atoms with van der Waals surface area (Å²) in [7, 11) is -3.22. The third-order valence-corrected chi connectivity index (χ3v) is 2.87. The van der Waals surface area contributed by atoms with Crippen LogP contribution < -0.4 is 15.4 Å². The zero-order chi connectivity index (χ0) is 12.2. The molecule has 1 atom stereocenters. The van der Waals surface area contributed by atoms with E-state index in [4.69, 9.17) is 0 Å². The van der Waals surface area contributed by atoms with Gasteiger partial charge in [0.1, 0.15) is 0 Å². The van der Waals surface area contributed by atoms with Crippen LogP contribution in [0.15, 0.2) is 0 Å². The number of carbonyl (C=O) groups is 2. The van der Waals surface area contributed by atoms with Gasteiger partial charge in [-0.2, -0.15) is 0 Å². The maximum atomic E-state index is 11.4. The van der Waals surface area contributed by atoms with E-state index in [1.54, 1.807) is 0 Å². The summed E-state index contributed by atoms with van der Waals surface area (Å²) in [5.41, 5.74) is 0. The van der Waals surface area contributed by atoms with Crippen LogP contribution in [0, 0.1) is 5.92 Å². The van der Waals surface area contributed by atoms with Crippen molar-refractivity contribution >= 4 is 21.8 Å². The average Bonchev–Trinajstić information content (AvgIpc) is 2.57. The van der Waals surface area contributed by atoms with Gasteiger partial charge < -0.3 is 10.6 Å². The zero-order valence-electron chi connectivity index (χ0n) is 8.95. The maximum absolute atomic E-state index is 11.4. The summed E-state index contributed by atoms with van der Waals surface area (Å²) in [6.07, 6.45) is 1.25. The average molecular weight is 249 g/mol. The molecule has 0 aromatic carbocycles. The summed E-state index contributed by atoms with van der Waals surface area (Å²) < 4.78 is 23.6. The fourth-order valence-corrected chi connectivity index (χ4v) is 1.83. The summed E-state index contributed by atoms with van der Waals surface area (Å²) in [5.74, 6) is -0.700. The molecule has 0 spiro atoms. The molecule has 0 saturated carbocycles. The van der Waals surface area contributed by atoms with Crippen molar-refractivity contribution in [3.05, 3.63) is 0 Å². The van der Waals surface area contributed by atoms with Crippen LogP contribution in [0.5, 0.6) is 0 Å². The lowest BCUT2D eigenvalue weighted by Gasteiger charge is -2.08. The third kappa shape index (κ3) is 4.58. The quantitative estimate of drug-likeness (QED) is 0.480. The Morgan fingerprint density at radius 2 is 2.19 bits per heavy atom. The standard InChI is InChI=1S/C8H15N3O4S/c1-16(14,15)11-3-2-9-8(13)6-4-7(12)10-5-6/h6,11H,2-5H2,1H3,(H,9,13)(H,10,12). The van der Waals surface area contributed by atoms with Gasteiger partial charge in [0.15, 0.2) is 0 Å². The van der Waals surface area contributed by atoms with E-state index < -0.39 is 10.0 Å². The van der Waals surface area contributed by atoms with Gasteiger partial charge in [0.05, 0.1) is 12.2 Å². The molecule has 8 heteroatoms. The first-order chi connectivity index (χ1) is 7.38. The smallest absolute Gasteiger partial charge is 0.225 e. The number of carbonyl (C=O) groups excluding carboxylic acids is 2. The minimum atomic E-state index is -3.22. The van der Waals surface area contributed by atoms with Crippen molar-refractivity contribution in [2.75, 3.05) is 25.9 Å². The molecule has 0 radical (unpaired) electrons. The van der Waals surface area contributed by atoms with Gasteiger partial charge in [-0.25, -0.2) is 13.1 Å². The van der Waals surface area contributed by atoms with E-state index in [9.17, 15) is 18.0 Å². The van der Waals surface area contributed by atoms with Crippen LogP contribution in [0.1, 0.15) is 6.42 Å². The number of nitrogens with one attached hydrogen (secondary N) is 3. The van der Waals surface area contributed by atoms with Gasteiger partial charge in [0, 0.05) is 26.1 Å². The summed E-state index contributed by atoms with van der Waals surface area (Å²) in [4.78, 5) is 22.3. The van der Waals surface area contributed by atoms with Crippen LogP contribution in [-0.4, -0.2) is 46.1 Å². The largest absolute Gasteiger partial charge is 0.355 e. The van der Waals surface area contributed by atoms with E-state index in [0.29, 0.717) is 6.54 Å². The van der Waals surface area contributed by atoms with E-state index in [0.717, 1.165) is 6.26 Å². The molecular weight excluding hydrogens is 234 g/mol. The van der Waals surface area contributed by atoms with Crippen LogP contribution in [0.25, 0.3) is 0 Å². The number of amides is 2. The molecule has 1 fully saturated rings. The lowest BCUT2D eigenvalue weighted by Crippen LogP contribution is -2.37. The Labute approximate surface area is 94.0 Å². The topological polar surface area (TPSA) is 104 Å². The van der Waals surface area contributed by atoms with Crippen molar-refractivity contribution in [3.63, 3.8) is 0 Å². The number of hydrogen-bond acceptors (Lipinski definition) is 4. The van der Waals surface area contributed by atoms with E-state index >= 15 is 0 Å². The van der Waals surface area contributed by atoms with Crippen molar-refractivity contribution in [1.82, 2.24) is 15.4 Å². The fraction of sp³-hybridized carbons (Fsp3) is 0.750. The second-order valence-electron chi connectivity index (χ2n) is 3.66. The summed E-state index contributed by atoms with van der Waals surface area (Å²) in [5, 5.41) is 5.11. The van der Waals surface area contributed by atoms with E-state index in [-0.39, 0.29) is 37.2 Å². The second-order valence-corrected chi connectivity index (χ2v) is 5.50. The molecule has 1 saturated heterocycles. The highest BCUT2D eigenvalue weighted by molar-refractivity contribution is 7.88. The SMILES string of the molecule is CS(=O)(=O)NCCNC(=O)C1CNC(=O)C1. The van der Waals surface area contributed by atoms with Crippen LogP contribution in [-0.2, 0) is 19.6 Å². The number of rotatable bonds is 5. The van der Waals surface area contributed by atoms with Gasteiger partial charge in [-0.1, -0.05) is 0 Å². The third-order valence-electron chi connectivity index (χ3n) is 2.14. The molecule has 0 aliphatic carbocycles. The van der Waals surface area contributed by atoms with E-state index in [1.165, 1.54) is 0 Å². The van der Waals surface area contributed by atoms with Crippen molar-refractivity contribution < 1.29 is 18.0 Å². The minimum Gasteiger partial charge on any atom is -0.355 e. The molecule has 0 aromatic rings. The Morgan fingerprint density at radius 3 is 2.69 bits per heavy atom. The lowest BCUT2D eigenvalue weighted by molar-refractivity contribution is -0.126. The van der Waals surface area contributed by atoms with Gasteiger partial charge in [-0.05, 0) is 0 Å². The molecule has 1 heterocycles. The predicted molar refractivity (Wildman–Crippen MR) is 57.0 cm³/mol. The monoisotopic (exact) mass is 249 g/mol. The minimum absolute atomic E-state index is 0.130. The van der Waals surface area contributed by atoms with Crippen LogP contribution >= 0.6 is 0 Å². The maximum Gasteiger partial charge on any atom is 0.225 e. The molecule has 1 unspecified atom stereocenters. The van der Waals surface area contributed by atoms with Crippen LogP contribution in [0.3, 0.4) is 0 Å². The van der Waals surface area contributed by atoms with Gasteiger partial charge in [-0.15, -0.1) is 0 Å². The molecule has 0 aromatic heterocycles. The first-order valence-corrected chi connectivity index (χ1v) is 6.76. The Hall–Kier alpha value is -1.15. The van der Waals surface area contributed by atoms with E-state index in [2.05, 4.69) is 15.4 Å². The predicted octanol–water partition coefficient (Wildman–Crippen LogP) is -2.21. The Bertz CT molecular complexity index is 379. The van der Waals surface area contributed by atoms with Crippen LogP contribution in [0.2, 0.25) is 0 Å². The molecule has 1 aliphatic heterocycles. The molecule has 0 bridgehead atoms. The molecule has 7 nitrogen and oxygen atoms in total. The highest BCUT2D eigenvalue weighted by Crippen LogP contribution is 2.07. The summed E-state index contributed by atoms with van der Waals surface area (Å²) in [6, 6.07) is 0. The molecule has 16 heavy (non-hydrogen) atoms. The molecule has 1 rings (SSSR count). The highest BCUT2D eigenvalue weighted by Gasteiger charge is 2.27. The van der Waals surface area contributed by atoms with Crippen LogP contribution in [0.4, 0.5) is 0 Å². The normalized spacial score (nSPS) is 20.6. The molecule has 3 N–H and O–H groups in total. The zero-order valence-corrected chi connectivity index (χ0v) is 9.76. The number of sulfonamides is 1.